The van der Waals surface area contributed by atoms with E-state index in [0.717, 1.165) is 39.8 Å². The Morgan fingerprint density at radius 3 is 2.09 bits per heavy atom. The fourth-order valence-corrected chi connectivity index (χ4v) is 6.70. The molecular weight excluding hydrogens is 582 g/mol. The number of benzene rings is 4. The van der Waals surface area contributed by atoms with Crippen molar-refractivity contribution in [1.29, 1.82) is 0 Å². The van der Waals surface area contributed by atoms with Crippen LogP contribution in [0.25, 0.3) is 0 Å². The van der Waals surface area contributed by atoms with Gasteiger partial charge in [0.2, 0.25) is 11.8 Å². The summed E-state index contributed by atoms with van der Waals surface area (Å²) in [5.74, 6) is -0.746. The Bertz CT molecular complexity index is 1720. The fourth-order valence-electron chi connectivity index (χ4n) is 5.23. The van der Waals surface area contributed by atoms with E-state index in [1.54, 1.807) is 35.2 Å². The SMILES string of the molecule is CCCNC(=O)[C@H](Cc1ccccc1)N(Cc1ccccc1C)C(=O)CN(c1cc(C)ccc1C)S(=O)(=O)c1ccc(C)cc1. The van der Waals surface area contributed by atoms with Gasteiger partial charge < -0.3 is 10.2 Å². The molecule has 0 heterocycles. The smallest absolute Gasteiger partial charge is 0.264 e. The van der Waals surface area contributed by atoms with Crippen LogP contribution in [0.15, 0.2) is 102 Å². The normalized spacial score (nSPS) is 11.9. The Morgan fingerprint density at radius 1 is 0.778 bits per heavy atom. The van der Waals surface area contributed by atoms with Gasteiger partial charge in [-0.15, -0.1) is 0 Å². The molecule has 1 atom stereocenters. The summed E-state index contributed by atoms with van der Waals surface area (Å²) in [6.45, 7) is 9.69. The minimum Gasteiger partial charge on any atom is -0.354 e. The van der Waals surface area contributed by atoms with Gasteiger partial charge >= 0.3 is 0 Å². The van der Waals surface area contributed by atoms with Gasteiger partial charge in [0.25, 0.3) is 10.0 Å². The summed E-state index contributed by atoms with van der Waals surface area (Å²) in [5.41, 5.74) is 5.69. The Balaban J connectivity index is 1.83. The summed E-state index contributed by atoms with van der Waals surface area (Å²) >= 11 is 0. The first-order chi connectivity index (χ1) is 21.5. The number of carbonyl (C=O) groups is 2. The Labute approximate surface area is 268 Å². The highest BCUT2D eigenvalue weighted by atomic mass is 32.2. The molecule has 0 aliphatic rings. The first-order valence-corrected chi connectivity index (χ1v) is 16.8. The van der Waals surface area contributed by atoms with E-state index >= 15 is 0 Å². The monoisotopic (exact) mass is 625 g/mol. The van der Waals surface area contributed by atoms with Crippen molar-refractivity contribution in [3.8, 4) is 0 Å². The second kappa shape index (κ2) is 15.0. The Kier molecular flexibility index (Phi) is 11.2. The summed E-state index contributed by atoms with van der Waals surface area (Å²) in [4.78, 5) is 30.1. The largest absolute Gasteiger partial charge is 0.354 e. The predicted octanol–water partition coefficient (Wildman–Crippen LogP) is 6.28. The molecule has 2 amide bonds. The third-order valence-corrected chi connectivity index (χ3v) is 9.72. The van der Waals surface area contributed by atoms with Crippen LogP contribution >= 0.6 is 0 Å². The van der Waals surface area contributed by atoms with Crippen LogP contribution in [-0.4, -0.2) is 44.3 Å². The van der Waals surface area contributed by atoms with Crippen molar-refractivity contribution in [2.45, 2.75) is 64.9 Å². The Hall–Kier alpha value is -4.43. The van der Waals surface area contributed by atoms with Crippen LogP contribution in [0, 0.1) is 27.7 Å². The van der Waals surface area contributed by atoms with Gasteiger partial charge in [-0.2, -0.15) is 0 Å². The molecular formula is C37H43N3O4S. The number of aryl methyl sites for hydroxylation is 4. The summed E-state index contributed by atoms with van der Waals surface area (Å²) in [6, 6.07) is 28.6. The quantitative estimate of drug-likeness (QED) is 0.190. The first-order valence-electron chi connectivity index (χ1n) is 15.3. The van der Waals surface area contributed by atoms with E-state index < -0.39 is 28.5 Å². The average Bonchev–Trinajstić information content (AvgIpc) is 3.03. The molecule has 8 heteroatoms. The van der Waals surface area contributed by atoms with E-state index in [1.807, 2.05) is 101 Å². The van der Waals surface area contributed by atoms with E-state index in [2.05, 4.69) is 5.32 Å². The summed E-state index contributed by atoms with van der Waals surface area (Å²) in [5, 5.41) is 2.99. The Morgan fingerprint density at radius 2 is 1.42 bits per heavy atom. The fraction of sp³-hybridized carbons (Fsp3) is 0.297. The van der Waals surface area contributed by atoms with Crippen molar-refractivity contribution in [3.05, 3.63) is 130 Å². The molecule has 0 unspecified atom stereocenters. The van der Waals surface area contributed by atoms with Crippen molar-refractivity contribution < 1.29 is 18.0 Å². The standard InChI is InChI=1S/C37H43N3O4S/c1-6-22-38-37(42)35(24-31-13-8-7-9-14-31)39(25-32-15-11-10-12-29(32)4)36(41)26-40(34-23-28(3)16-19-30(34)5)45(43,44)33-20-17-27(2)18-21-33/h7-21,23,35H,6,22,24-26H2,1-5H3,(H,38,42)/t35-/m0/s1. The van der Waals surface area contributed by atoms with Crippen LogP contribution < -0.4 is 9.62 Å². The molecule has 0 aliphatic heterocycles. The molecule has 0 fully saturated rings. The minimum atomic E-state index is -4.15. The molecule has 4 rings (SSSR count). The van der Waals surface area contributed by atoms with Gasteiger partial charge in [-0.3, -0.25) is 13.9 Å². The number of nitrogens with one attached hydrogen (secondary N) is 1. The number of nitrogens with zero attached hydrogens (tertiary/aromatic N) is 2. The van der Waals surface area contributed by atoms with Crippen LogP contribution in [0.3, 0.4) is 0 Å². The maximum Gasteiger partial charge on any atom is 0.264 e. The highest BCUT2D eigenvalue weighted by Crippen LogP contribution is 2.29. The summed E-state index contributed by atoms with van der Waals surface area (Å²) < 4.78 is 29.8. The van der Waals surface area contributed by atoms with Crippen molar-refractivity contribution in [1.82, 2.24) is 10.2 Å². The number of sulfonamides is 1. The molecule has 236 valence electrons. The molecule has 1 N–H and O–H groups in total. The number of hydrogen-bond acceptors (Lipinski definition) is 4. The minimum absolute atomic E-state index is 0.0915. The zero-order valence-electron chi connectivity index (χ0n) is 26.8. The maximum absolute atomic E-state index is 14.6. The lowest BCUT2D eigenvalue weighted by molar-refractivity contribution is -0.140. The zero-order chi connectivity index (χ0) is 32.6. The molecule has 4 aromatic rings. The lowest BCUT2D eigenvalue weighted by Gasteiger charge is -2.34. The van der Waals surface area contributed by atoms with E-state index in [4.69, 9.17) is 0 Å². The lowest BCUT2D eigenvalue weighted by atomic mass is 10.0. The van der Waals surface area contributed by atoms with Gasteiger partial charge in [0, 0.05) is 19.5 Å². The second-order valence-corrected chi connectivity index (χ2v) is 13.4. The van der Waals surface area contributed by atoms with Crippen LogP contribution in [-0.2, 0) is 32.6 Å². The third kappa shape index (κ3) is 8.39. The third-order valence-electron chi connectivity index (χ3n) is 7.94. The van der Waals surface area contributed by atoms with Crippen molar-refractivity contribution in [2.24, 2.45) is 0 Å². The van der Waals surface area contributed by atoms with Gasteiger partial charge in [-0.25, -0.2) is 8.42 Å². The van der Waals surface area contributed by atoms with E-state index in [0.29, 0.717) is 12.2 Å². The van der Waals surface area contributed by atoms with Gasteiger partial charge in [-0.05, 0) is 80.1 Å². The van der Waals surface area contributed by atoms with Crippen LogP contribution in [0.1, 0.15) is 46.7 Å². The average molecular weight is 626 g/mol. The number of hydrogen-bond donors (Lipinski definition) is 1. The molecule has 0 aliphatic carbocycles. The van der Waals surface area contributed by atoms with Gasteiger partial charge in [0.05, 0.1) is 10.6 Å². The molecule has 7 nitrogen and oxygen atoms in total. The van der Waals surface area contributed by atoms with Gasteiger partial charge in [0.1, 0.15) is 12.6 Å². The van der Waals surface area contributed by atoms with Crippen LogP contribution in [0.5, 0.6) is 0 Å². The van der Waals surface area contributed by atoms with Crippen molar-refractivity contribution in [3.63, 3.8) is 0 Å². The lowest BCUT2D eigenvalue weighted by Crippen LogP contribution is -2.53. The first kappa shape index (κ1) is 33.5. The summed E-state index contributed by atoms with van der Waals surface area (Å²) in [6.07, 6.45) is 1.02. The molecule has 0 aromatic heterocycles. The molecule has 0 radical (unpaired) electrons. The predicted molar refractivity (Wildman–Crippen MR) is 181 cm³/mol. The molecule has 0 saturated heterocycles. The number of carbonyl (C=O) groups excluding carboxylic acids is 2. The number of amides is 2. The highest BCUT2D eigenvalue weighted by molar-refractivity contribution is 7.92. The van der Waals surface area contributed by atoms with E-state index in [1.165, 1.54) is 4.31 Å². The van der Waals surface area contributed by atoms with Gasteiger partial charge in [-0.1, -0.05) is 91.3 Å². The van der Waals surface area contributed by atoms with E-state index in [-0.39, 0.29) is 23.8 Å². The molecule has 0 spiro atoms. The molecule has 0 saturated carbocycles. The maximum atomic E-state index is 14.6. The van der Waals surface area contributed by atoms with Gasteiger partial charge in [0.15, 0.2) is 0 Å². The second-order valence-electron chi connectivity index (χ2n) is 11.6. The van der Waals surface area contributed by atoms with Crippen LogP contribution in [0.2, 0.25) is 0 Å². The van der Waals surface area contributed by atoms with E-state index in [9.17, 15) is 18.0 Å². The zero-order valence-corrected chi connectivity index (χ0v) is 27.6. The number of anilines is 1. The molecule has 4 aromatic carbocycles. The molecule has 0 bridgehead atoms. The highest BCUT2D eigenvalue weighted by Gasteiger charge is 2.35. The van der Waals surface area contributed by atoms with Crippen molar-refractivity contribution >= 4 is 27.5 Å². The molecule has 45 heavy (non-hydrogen) atoms. The topological polar surface area (TPSA) is 86.8 Å². The van der Waals surface area contributed by atoms with Crippen LogP contribution in [0.4, 0.5) is 5.69 Å². The van der Waals surface area contributed by atoms with Crippen molar-refractivity contribution in [2.75, 3.05) is 17.4 Å². The number of rotatable bonds is 13. The summed E-state index contributed by atoms with van der Waals surface area (Å²) in [7, 11) is -4.15.